The van der Waals surface area contributed by atoms with Gasteiger partial charge in [-0.3, -0.25) is 0 Å². The minimum absolute atomic E-state index is 0.157. The number of carbonyl (C=O) groups is 1. The molecule has 0 heterocycles. The van der Waals surface area contributed by atoms with Gasteiger partial charge in [-0.15, -0.1) is 0 Å². The van der Waals surface area contributed by atoms with Gasteiger partial charge in [-0.2, -0.15) is 0 Å². The average molecular weight is 199 g/mol. The molecule has 0 atom stereocenters. The van der Waals surface area contributed by atoms with E-state index in [9.17, 15) is 4.79 Å². The van der Waals surface area contributed by atoms with E-state index in [4.69, 9.17) is 10.2 Å². The second-order valence-corrected chi connectivity index (χ2v) is 3.55. The van der Waals surface area contributed by atoms with Crippen molar-refractivity contribution in [1.82, 2.24) is 4.90 Å². The first-order chi connectivity index (χ1) is 6.74. The number of aliphatic carboxylic acids is 1. The minimum Gasteiger partial charge on any atom is -0.478 e. The third-order valence-electron chi connectivity index (χ3n) is 2.53. The molecule has 0 aromatic rings. The number of rotatable bonds is 6. The van der Waals surface area contributed by atoms with Gasteiger partial charge in [0.25, 0.3) is 0 Å². The molecule has 0 aromatic heterocycles. The molecule has 1 saturated carbocycles. The molecule has 14 heavy (non-hydrogen) atoms. The molecule has 2 N–H and O–H groups in total. The SMILES string of the molecule is O=C(O)/C=C/N(CCCO)C1CCC1. The minimum atomic E-state index is -0.918. The van der Waals surface area contributed by atoms with Crippen LogP contribution in [0.1, 0.15) is 25.7 Å². The van der Waals surface area contributed by atoms with Crippen LogP contribution in [0.4, 0.5) is 0 Å². The van der Waals surface area contributed by atoms with Crippen LogP contribution in [0.25, 0.3) is 0 Å². The third kappa shape index (κ3) is 3.38. The average Bonchev–Trinajstić information content (AvgIpc) is 2.06. The maximum absolute atomic E-state index is 10.3. The lowest BCUT2D eigenvalue weighted by Gasteiger charge is -2.36. The predicted octanol–water partition coefficient (Wildman–Crippen LogP) is 0.822. The maximum atomic E-state index is 10.3. The van der Waals surface area contributed by atoms with Gasteiger partial charge in [0.2, 0.25) is 0 Å². The lowest BCUT2D eigenvalue weighted by Crippen LogP contribution is -2.37. The Balaban J connectivity index is 2.38. The molecular formula is C10H17NO3. The Bertz CT molecular complexity index is 211. The van der Waals surface area contributed by atoms with Crippen molar-refractivity contribution in [3.05, 3.63) is 12.3 Å². The second kappa shape index (κ2) is 5.65. The van der Waals surface area contributed by atoms with Crippen molar-refractivity contribution in [3.8, 4) is 0 Å². The zero-order chi connectivity index (χ0) is 10.4. The Kier molecular flexibility index (Phi) is 4.46. The number of hydrogen-bond acceptors (Lipinski definition) is 3. The van der Waals surface area contributed by atoms with Crippen LogP contribution in [-0.4, -0.2) is 40.3 Å². The van der Waals surface area contributed by atoms with Crippen LogP contribution in [0.5, 0.6) is 0 Å². The van der Waals surface area contributed by atoms with E-state index in [1.54, 1.807) is 6.20 Å². The fourth-order valence-electron chi connectivity index (χ4n) is 1.51. The summed E-state index contributed by atoms with van der Waals surface area (Å²) < 4.78 is 0. The number of aliphatic hydroxyl groups is 1. The summed E-state index contributed by atoms with van der Waals surface area (Å²) in [6, 6.07) is 0.483. The summed E-state index contributed by atoms with van der Waals surface area (Å²) in [5.74, 6) is -0.918. The van der Waals surface area contributed by atoms with Gasteiger partial charge in [-0.05, 0) is 25.7 Å². The Labute approximate surface area is 83.8 Å². The van der Waals surface area contributed by atoms with Gasteiger partial charge < -0.3 is 15.1 Å². The van der Waals surface area contributed by atoms with E-state index in [0.29, 0.717) is 12.5 Å². The third-order valence-corrected chi connectivity index (χ3v) is 2.53. The first-order valence-corrected chi connectivity index (χ1v) is 5.02. The van der Waals surface area contributed by atoms with Gasteiger partial charge in [0, 0.05) is 31.5 Å². The van der Waals surface area contributed by atoms with E-state index in [1.807, 2.05) is 4.90 Å². The van der Waals surface area contributed by atoms with Crippen LogP contribution in [-0.2, 0) is 4.79 Å². The van der Waals surface area contributed by atoms with Crippen LogP contribution >= 0.6 is 0 Å². The molecule has 1 aliphatic rings. The molecule has 0 bridgehead atoms. The summed E-state index contributed by atoms with van der Waals surface area (Å²) in [7, 11) is 0. The van der Waals surface area contributed by atoms with E-state index in [0.717, 1.165) is 25.5 Å². The van der Waals surface area contributed by atoms with Crippen LogP contribution in [0.2, 0.25) is 0 Å². The Morgan fingerprint density at radius 3 is 2.64 bits per heavy atom. The van der Waals surface area contributed by atoms with Gasteiger partial charge in [0.05, 0.1) is 0 Å². The quantitative estimate of drug-likeness (QED) is 0.622. The van der Waals surface area contributed by atoms with Gasteiger partial charge in [-0.1, -0.05) is 0 Å². The second-order valence-electron chi connectivity index (χ2n) is 3.55. The first-order valence-electron chi connectivity index (χ1n) is 5.02. The highest BCUT2D eigenvalue weighted by Gasteiger charge is 2.22. The van der Waals surface area contributed by atoms with Gasteiger partial charge >= 0.3 is 5.97 Å². The van der Waals surface area contributed by atoms with Crippen molar-refractivity contribution in [3.63, 3.8) is 0 Å². The molecule has 0 aromatic carbocycles. The summed E-state index contributed by atoms with van der Waals surface area (Å²) in [5.41, 5.74) is 0. The van der Waals surface area contributed by atoms with Gasteiger partial charge in [-0.25, -0.2) is 4.79 Å². The van der Waals surface area contributed by atoms with E-state index in [1.165, 1.54) is 6.42 Å². The topological polar surface area (TPSA) is 60.8 Å². The zero-order valence-electron chi connectivity index (χ0n) is 8.22. The molecule has 0 spiro atoms. The summed E-state index contributed by atoms with van der Waals surface area (Å²) in [6.45, 7) is 0.898. The molecule has 1 fully saturated rings. The number of aliphatic hydroxyl groups excluding tert-OH is 1. The van der Waals surface area contributed by atoms with E-state index < -0.39 is 5.97 Å². The Morgan fingerprint density at radius 1 is 1.50 bits per heavy atom. The highest BCUT2D eigenvalue weighted by Crippen LogP contribution is 2.24. The Morgan fingerprint density at radius 2 is 2.21 bits per heavy atom. The maximum Gasteiger partial charge on any atom is 0.329 e. The standard InChI is InChI=1S/C10H17NO3/c12-8-2-6-11(7-5-10(13)14)9-3-1-4-9/h5,7,9,12H,1-4,6,8H2,(H,13,14)/b7-5+. The number of hydrogen-bond donors (Lipinski definition) is 2. The van der Waals surface area contributed by atoms with Crippen molar-refractivity contribution >= 4 is 5.97 Å². The fourth-order valence-corrected chi connectivity index (χ4v) is 1.51. The van der Waals surface area contributed by atoms with Crippen LogP contribution in [0.15, 0.2) is 12.3 Å². The van der Waals surface area contributed by atoms with Crippen molar-refractivity contribution in [2.24, 2.45) is 0 Å². The van der Waals surface area contributed by atoms with Crippen LogP contribution in [0, 0.1) is 0 Å². The molecule has 80 valence electrons. The molecule has 4 nitrogen and oxygen atoms in total. The number of carboxylic acid groups (broad SMARTS) is 1. The summed E-state index contributed by atoms with van der Waals surface area (Å²) in [4.78, 5) is 12.4. The molecule has 0 radical (unpaired) electrons. The smallest absolute Gasteiger partial charge is 0.329 e. The molecule has 1 rings (SSSR count). The van der Waals surface area contributed by atoms with Crippen molar-refractivity contribution in [2.75, 3.05) is 13.2 Å². The Hall–Kier alpha value is -1.03. The molecule has 0 saturated heterocycles. The number of nitrogens with zero attached hydrogens (tertiary/aromatic N) is 1. The molecular weight excluding hydrogens is 182 g/mol. The molecule has 0 unspecified atom stereocenters. The molecule has 1 aliphatic carbocycles. The van der Waals surface area contributed by atoms with Crippen LogP contribution < -0.4 is 0 Å². The molecule has 0 amide bonds. The summed E-state index contributed by atoms with van der Waals surface area (Å²) in [6.07, 6.45) is 6.98. The van der Waals surface area contributed by atoms with E-state index in [2.05, 4.69) is 0 Å². The summed E-state index contributed by atoms with van der Waals surface area (Å²) >= 11 is 0. The largest absolute Gasteiger partial charge is 0.478 e. The monoisotopic (exact) mass is 199 g/mol. The molecule has 4 heteroatoms. The van der Waals surface area contributed by atoms with Gasteiger partial charge in [0.1, 0.15) is 0 Å². The zero-order valence-corrected chi connectivity index (χ0v) is 8.22. The van der Waals surface area contributed by atoms with E-state index in [-0.39, 0.29) is 6.61 Å². The van der Waals surface area contributed by atoms with Gasteiger partial charge in [0.15, 0.2) is 0 Å². The lowest BCUT2D eigenvalue weighted by molar-refractivity contribution is -0.131. The van der Waals surface area contributed by atoms with Crippen molar-refractivity contribution in [1.29, 1.82) is 0 Å². The van der Waals surface area contributed by atoms with E-state index >= 15 is 0 Å². The van der Waals surface area contributed by atoms with Crippen molar-refractivity contribution in [2.45, 2.75) is 31.7 Å². The molecule has 0 aliphatic heterocycles. The fraction of sp³-hybridized carbons (Fsp3) is 0.700. The summed E-state index contributed by atoms with van der Waals surface area (Å²) in [5, 5.41) is 17.2. The van der Waals surface area contributed by atoms with Crippen LogP contribution in [0.3, 0.4) is 0 Å². The first kappa shape index (κ1) is 11.0. The highest BCUT2D eigenvalue weighted by atomic mass is 16.4. The normalized spacial score (nSPS) is 16.9. The lowest BCUT2D eigenvalue weighted by atomic mass is 9.91. The van der Waals surface area contributed by atoms with Crippen molar-refractivity contribution < 1.29 is 15.0 Å². The number of carboxylic acids is 1. The predicted molar refractivity (Wildman–Crippen MR) is 52.8 cm³/mol. The highest BCUT2D eigenvalue weighted by molar-refractivity contribution is 5.79.